The van der Waals surface area contributed by atoms with Crippen LogP contribution in [0.5, 0.6) is 0 Å². The molecule has 0 bridgehead atoms. The molecule has 0 saturated heterocycles. The lowest BCUT2D eigenvalue weighted by molar-refractivity contribution is -0.148. The van der Waals surface area contributed by atoms with Crippen LogP contribution in [-0.4, -0.2) is 43.7 Å². The average Bonchev–Trinajstić information content (AvgIpc) is 3.36. The number of benzene rings is 2. The summed E-state index contributed by atoms with van der Waals surface area (Å²) in [6.45, 7) is 1.00. The molecule has 0 aliphatic carbocycles. The SMILES string of the molecule is CC(=O)C(=O)O.O=C(O)C(=O)Cc1c[nH]c2ccccc12.c1ccc2[nH]ccc2c1. The van der Waals surface area contributed by atoms with Crippen molar-refractivity contribution in [2.75, 3.05) is 0 Å². The fraction of sp³-hybridized carbons (Fsp3) is 0.0909. The van der Waals surface area contributed by atoms with Crippen molar-refractivity contribution in [2.45, 2.75) is 13.3 Å². The number of aliphatic carboxylic acids is 2. The van der Waals surface area contributed by atoms with Gasteiger partial charge in [0, 0.05) is 42.2 Å². The number of fused-ring (bicyclic) bond motifs is 2. The molecular weight excluding hydrogens is 388 g/mol. The molecule has 2 heterocycles. The highest BCUT2D eigenvalue weighted by molar-refractivity contribution is 6.33. The molecule has 0 spiro atoms. The molecule has 4 aromatic rings. The van der Waals surface area contributed by atoms with Crippen LogP contribution in [-0.2, 0) is 25.6 Å². The van der Waals surface area contributed by atoms with Crippen molar-refractivity contribution >= 4 is 45.3 Å². The number of nitrogens with one attached hydrogen (secondary N) is 2. The van der Waals surface area contributed by atoms with E-state index in [1.807, 2.05) is 42.6 Å². The largest absolute Gasteiger partial charge is 0.476 e. The number of H-pyrrole nitrogens is 2. The van der Waals surface area contributed by atoms with Crippen molar-refractivity contribution in [3.63, 3.8) is 0 Å². The van der Waals surface area contributed by atoms with E-state index in [9.17, 15) is 19.2 Å². The topological polar surface area (TPSA) is 140 Å². The van der Waals surface area contributed by atoms with Gasteiger partial charge in [0.25, 0.3) is 0 Å². The first-order valence-corrected chi connectivity index (χ1v) is 8.86. The van der Waals surface area contributed by atoms with E-state index in [2.05, 4.69) is 28.2 Å². The molecule has 154 valence electrons. The van der Waals surface area contributed by atoms with E-state index >= 15 is 0 Å². The van der Waals surface area contributed by atoms with Crippen LogP contribution in [0.15, 0.2) is 67.0 Å². The van der Waals surface area contributed by atoms with Gasteiger partial charge in [-0.3, -0.25) is 9.59 Å². The van der Waals surface area contributed by atoms with E-state index in [1.165, 1.54) is 10.9 Å². The number of carbonyl (C=O) groups is 4. The van der Waals surface area contributed by atoms with Gasteiger partial charge in [-0.2, -0.15) is 0 Å². The molecule has 4 N–H and O–H groups in total. The minimum atomic E-state index is -1.39. The number of ketones is 2. The van der Waals surface area contributed by atoms with Gasteiger partial charge in [-0.15, -0.1) is 0 Å². The Morgan fingerprint density at radius 3 is 2.00 bits per heavy atom. The maximum Gasteiger partial charge on any atom is 0.372 e. The maximum atomic E-state index is 11.0. The zero-order valence-corrected chi connectivity index (χ0v) is 16.1. The number of hydrogen-bond donors (Lipinski definition) is 4. The first-order valence-electron chi connectivity index (χ1n) is 8.86. The number of rotatable bonds is 4. The third-order valence-electron chi connectivity index (χ3n) is 4.03. The van der Waals surface area contributed by atoms with Crippen molar-refractivity contribution in [1.82, 2.24) is 9.97 Å². The van der Waals surface area contributed by atoms with Gasteiger partial charge in [-0.1, -0.05) is 36.4 Å². The van der Waals surface area contributed by atoms with Crippen molar-refractivity contribution in [3.05, 3.63) is 72.6 Å². The molecule has 0 saturated carbocycles. The molecule has 30 heavy (non-hydrogen) atoms. The van der Waals surface area contributed by atoms with Gasteiger partial charge in [0.05, 0.1) is 0 Å². The number of carboxylic acids is 2. The van der Waals surface area contributed by atoms with E-state index in [4.69, 9.17) is 10.2 Å². The molecule has 4 rings (SSSR count). The third kappa shape index (κ3) is 6.16. The molecule has 0 radical (unpaired) electrons. The summed E-state index contributed by atoms with van der Waals surface area (Å²) in [5, 5.41) is 18.3. The quantitative estimate of drug-likeness (QED) is 0.382. The summed E-state index contributed by atoms with van der Waals surface area (Å²) < 4.78 is 0. The molecule has 0 atom stereocenters. The van der Waals surface area contributed by atoms with E-state index < -0.39 is 23.5 Å². The number of aromatic nitrogens is 2. The summed E-state index contributed by atoms with van der Waals surface area (Å²) in [5.74, 6) is -4.38. The van der Waals surface area contributed by atoms with Crippen molar-refractivity contribution < 1.29 is 29.4 Å². The Morgan fingerprint density at radius 2 is 1.40 bits per heavy atom. The molecule has 8 heteroatoms. The summed E-state index contributed by atoms with van der Waals surface area (Å²) in [6.07, 6.45) is 3.55. The minimum Gasteiger partial charge on any atom is -0.476 e. The zero-order chi connectivity index (χ0) is 22.1. The highest BCUT2D eigenvalue weighted by atomic mass is 16.4. The van der Waals surface area contributed by atoms with Crippen molar-refractivity contribution in [2.24, 2.45) is 0 Å². The monoisotopic (exact) mass is 408 g/mol. The van der Waals surface area contributed by atoms with Crippen LogP contribution >= 0.6 is 0 Å². The number of carboxylic acid groups (broad SMARTS) is 2. The summed E-state index contributed by atoms with van der Waals surface area (Å²) in [4.78, 5) is 46.4. The molecule has 2 aromatic carbocycles. The van der Waals surface area contributed by atoms with Gasteiger partial charge in [0.2, 0.25) is 11.6 Å². The molecule has 0 aliphatic heterocycles. The average molecular weight is 408 g/mol. The first kappa shape index (κ1) is 22.1. The van der Waals surface area contributed by atoms with Gasteiger partial charge < -0.3 is 20.2 Å². The summed E-state index contributed by atoms with van der Waals surface area (Å²) in [5.41, 5.74) is 2.83. The smallest absolute Gasteiger partial charge is 0.372 e. The number of hydrogen-bond acceptors (Lipinski definition) is 4. The molecule has 0 amide bonds. The minimum absolute atomic E-state index is 0.0701. The van der Waals surface area contributed by atoms with Crippen LogP contribution in [0.1, 0.15) is 12.5 Å². The lowest BCUT2D eigenvalue weighted by Gasteiger charge is -1.94. The highest BCUT2D eigenvalue weighted by Crippen LogP contribution is 2.18. The molecule has 0 fully saturated rings. The van der Waals surface area contributed by atoms with Gasteiger partial charge in [0.15, 0.2) is 0 Å². The molecule has 8 nitrogen and oxygen atoms in total. The fourth-order valence-corrected chi connectivity index (χ4v) is 2.52. The van der Waals surface area contributed by atoms with E-state index in [1.54, 1.807) is 6.20 Å². The normalized spacial score (nSPS) is 9.77. The van der Waals surface area contributed by atoms with Crippen LogP contribution in [0, 0.1) is 0 Å². The standard InChI is InChI=1S/C11H9NO3.C8H7N.C3H4O3/c13-10(11(14)15)5-7-6-12-9-4-2-1-3-8(7)9;1-2-4-8-7(3-1)5-6-9-8;1-2(4)3(5)6/h1-4,6,12H,5H2,(H,14,15);1-6,9H;1H3,(H,5,6). The predicted molar refractivity (Wildman–Crippen MR) is 111 cm³/mol. The van der Waals surface area contributed by atoms with Gasteiger partial charge >= 0.3 is 11.9 Å². The van der Waals surface area contributed by atoms with E-state index in [0.29, 0.717) is 0 Å². The van der Waals surface area contributed by atoms with Crippen LogP contribution < -0.4 is 0 Å². The summed E-state index contributed by atoms with van der Waals surface area (Å²) in [7, 11) is 0. The lowest BCUT2D eigenvalue weighted by atomic mass is 10.1. The van der Waals surface area contributed by atoms with Gasteiger partial charge in [-0.25, -0.2) is 9.59 Å². The van der Waals surface area contributed by atoms with Crippen LogP contribution in [0.25, 0.3) is 21.8 Å². The Labute approximate surface area is 171 Å². The number of carbonyl (C=O) groups excluding carboxylic acids is 2. The first-order chi connectivity index (χ1) is 14.3. The van der Waals surface area contributed by atoms with Crippen LogP contribution in [0.4, 0.5) is 0 Å². The maximum absolute atomic E-state index is 11.0. The Bertz CT molecular complexity index is 1150. The second-order valence-electron chi connectivity index (χ2n) is 6.19. The fourth-order valence-electron chi connectivity index (χ4n) is 2.52. The highest BCUT2D eigenvalue weighted by Gasteiger charge is 2.14. The van der Waals surface area contributed by atoms with Crippen molar-refractivity contribution in [3.8, 4) is 0 Å². The zero-order valence-electron chi connectivity index (χ0n) is 16.1. The Balaban J connectivity index is 0.000000181. The number of para-hydroxylation sites is 2. The molecule has 2 aromatic heterocycles. The molecule has 0 aliphatic rings. The Morgan fingerprint density at radius 1 is 0.800 bits per heavy atom. The van der Waals surface area contributed by atoms with E-state index in [0.717, 1.165) is 23.4 Å². The Kier molecular flexibility index (Phi) is 7.64. The second-order valence-corrected chi connectivity index (χ2v) is 6.19. The number of aromatic amines is 2. The second kappa shape index (κ2) is 10.4. The third-order valence-corrected chi connectivity index (χ3v) is 4.03. The van der Waals surface area contributed by atoms with Crippen LogP contribution in [0.2, 0.25) is 0 Å². The van der Waals surface area contributed by atoms with Crippen LogP contribution in [0.3, 0.4) is 0 Å². The summed E-state index contributed by atoms with van der Waals surface area (Å²) >= 11 is 0. The van der Waals surface area contributed by atoms with Gasteiger partial charge in [-0.05, 0) is 29.1 Å². The van der Waals surface area contributed by atoms with Crippen molar-refractivity contribution in [1.29, 1.82) is 0 Å². The summed E-state index contributed by atoms with van der Waals surface area (Å²) in [6, 6.07) is 17.7. The Hall–Kier alpha value is -4.20. The van der Waals surface area contributed by atoms with E-state index in [-0.39, 0.29) is 6.42 Å². The lowest BCUT2D eigenvalue weighted by Crippen LogP contribution is -2.14. The molecular formula is C22H20N2O6. The van der Waals surface area contributed by atoms with Gasteiger partial charge in [0.1, 0.15) is 0 Å². The number of Topliss-reactive ketones (excluding diaryl/α,β-unsaturated/α-hetero) is 2. The predicted octanol–water partition coefficient (Wildman–Crippen LogP) is 3.19. The molecule has 0 unspecified atom stereocenters.